The van der Waals surface area contributed by atoms with Gasteiger partial charge in [0.05, 0.1) is 6.61 Å². The summed E-state index contributed by atoms with van der Waals surface area (Å²) in [6.07, 6.45) is 2.64. The van der Waals surface area contributed by atoms with Crippen molar-refractivity contribution in [2.45, 2.75) is 19.4 Å². The molecule has 1 N–H and O–H groups in total. The summed E-state index contributed by atoms with van der Waals surface area (Å²) in [7, 11) is 3.89. The Morgan fingerprint density at radius 1 is 1.42 bits per heavy atom. The van der Waals surface area contributed by atoms with E-state index in [1.807, 2.05) is 20.2 Å². The summed E-state index contributed by atoms with van der Waals surface area (Å²) >= 11 is 0. The highest BCUT2D eigenvalue weighted by Gasteiger charge is 2.21. The van der Waals surface area contributed by atoms with Gasteiger partial charge in [-0.25, -0.2) is 4.39 Å². The minimum absolute atomic E-state index is 0.188. The van der Waals surface area contributed by atoms with Crippen LogP contribution < -0.4 is 10.2 Å². The van der Waals surface area contributed by atoms with Crippen molar-refractivity contribution in [3.05, 3.63) is 29.6 Å². The standard InChI is InChI=1S/C15H23FN2O/c1-17-10-13-9-14(16)5-6-15(13)18(2)7-8-19-11-12-3-4-12/h5-6,9,12,17H,3-4,7-8,10-11H2,1-2H3. The van der Waals surface area contributed by atoms with Crippen LogP contribution in [0.25, 0.3) is 0 Å². The minimum atomic E-state index is -0.188. The fourth-order valence-corrected chi connectivity index (χ4v) is 2.11. The first-order chi connectivity index (χ1) is 9.20. The lowest BCUT2D eigenvalue weighted by Gasteiger charge is -2.22. The second kappa shape index (κ2) is 6.87. The molecule has 3 nitrogen and oxygen atoms in total. The van der Waals surface area contributed by atoms with Gasteiger partial charge in [-0.3, -0.25) is 0 Å². The van der Waals surface area contributed by atoms with Crippen molar-refractivity contribution < 1.29 is 9.13 Å². The van der Waals surface area contributed by atoms with E-state index in [4.69, 9.17) is 4.74 Å². The first kappa shape index (κ1) is 14.3. The third-order valence-corrected chi connectivity index (χ3v) is 3.44. The number of hydrogen-bond donors (Lipinski definition) is 1. The van der Waals surface area contributed by atoms with Gasteiger partial charge in [0.2, 0.25) is 0 Å². The molecule has 106 valence electrons. The first-order valence-electron chi connectivity index (χ1n) is 6.92. The summed E-state index contributed by atoms with van der Waals surface area (Å²) in [5.41, 5.74) is 2.04. The van der Waals surface area contributed by atoms with Gasteiger partial charge in [-0.2, -0.15) is 0 Å². The number of nitrogens with zero attached hydrogens (tertiary/aromatic N) is 1. The maximum atomic E-state index is 13.3. The largest absolute Gasteiger partial charge is 0.379 e. The second-order valence-electron chi connectivity index (χ2n) is 5.24. The molecule has 1 aliphatic rings. The predicted molar refractivity (Wildman–Crippen MR) is 76.0 cm³/mol. The molecule has 0 amide bonds. The Morgan fingerprint density at radius 2 is 2.21 bits per heavy atom. The molecule has 0 atom stereocenters. The van der Waals surface area contributed by atoms with E-state index in [1.165, 1.54) is 18.9 Å². The zero-order valence-corrected chi connectivity index (χ0v) is 11.8. The van der Waals surface area contributed by atoms with E-state index in [2.05, 4.69) is 10.2 Å². The normalized spacial score (nSPS) is 14.7. The summed E-state index contributed by atoms with van der Waals surface area (Å²) in [6, 6.07) is 4.94. The van der Waals surface area contributed by atoms with E-state index < -0.39 is 0 Å². The van der Waals surface area contributed by atoms with Crippen LogP contribution >= 0.6 is 0 Å². The van der Waals surface area contributed by atoms with E-state index in [1.54, 1.807) is 6.07 Å². The summed E-state index contributed by atoms with van der Waals surface area (Å²) in [6.45, 7) is 3.11. The second-order valence-corrected chi connectivity index (χ2v) is 5.24. The Labute approximate surface area is 114 Å². The number of halogens is 1. The highest BCUT2D eigenvalue weighted by atomic mass is 19.1. The number of benzene rings is 1. The molecule has 0 unspecified atom stereocenters. The molecule has 0 aliphatic heterocycles. The number of nitrogens with one attached hydrogen (secondary N) is 1. The van der Waals surface area contributed by atoms with Gasteiger partial charge >= 0.3 is 0 Å². The van der Waals surface area contributed by atoms with Crippen LogP contribution in [0.2, 0.25) is 0 Å². The Bertz CT molecular complexity index is 407. The quantitative estimate of drug-likeness (QED) is 0.731. The Morgan fingerprint density at radius 3 is 2.89 bits per heavy atom. The lowest BCUT2D eigenvalue weighted by Crippen LogP contribution is -2.25. The molecule has 0 bridgehead atoms. The summed E-state index contributed by atoms with van der Waals surface area (Å²) in [5.74, 6) is 0.614. The van der Waals surface area contributed by atoms with E-state index >= 15 is 0 Å². The summed E-state index contributed by atoms with van der Waals surface area (Å²) < 4.78 is 18.9. The smallest absolute Gasteiger partial charge is 0.123 e. The van der Waals surface area contributed by atoms with E-state index in [0.717, 1.165) is 36.9 Å². The third-order valence-electron chi connectivity index (χ3n) is 3.44. The zero-order chi connectivity index (χ0) is 13.7. The number of rotatable bonds is 8. The molecule has 4 heteroatoms. The van der Waals surface area contributed by atoms with Crippen molar-refractivity contribution in [2.75, 3.05) is 38.8 Å². The van der Waals surface area contributed by atoms with Crippen LogP contribution in [-0.2, 0) is 11.3 Å². The molecular formula is C15H23FN2O. The highest BCUT2D eigenvalue weighted by Crippen LogP contribution is 2.28. The molecule has 0 aromatic heterocycles. The Kier molecular flexibility index (Phi) is 5.16. The van der Waals surface area contributed by atoms with E-state index in [9.17, 15) is 4.39 Å². The molecule has 2 rings (SSSR count). The van der Waals surface area contributed by atoms with Crippen LogP contribution in [0, 0.1) is 11.7 Å². The number of hydrogen-bond acceptors (Lipinski definition) is 3. The molecule has 19 heavy (non-hydrogen) atoms. The molecule has 1 aliphatic carbocycles. The van der Waals surface area contributed by atoms with Crippen molar-refractivity contribution >= 4 is 5.69 Å². The number of anilines is 1. The molecular weight excluding hydrogens is 243 g/mol. The highest BCUT2D eigenvalue weighted by molar-refractivity contribution is 5.53. The monoisotopic (exact) mass is 266 g/mol. The van der Waals surface area contributed by atoms with Gasteiger partial charge in [0.1, 0.15) is 5.82 Å². The summed E-state index contributed by atoms with van der Waals surface area (Å²) in [5, 5.41) is 3.07. The van der Waals surface area contributed by atoms with Crippen molar-refractivity contribution in [1.29, 1.82) is 0 Å². The van der Waals surface area contributed by atoms with Crippen LogP contribution in [0.3, 0.4) is 0 Å². The SMILES string of the molecule is CNCc1cc(F)ccc1N(C)CCOCC1CC1. The van der Waals surface area contributed by atoms with Crippen molar-refractivity contribution in [3.8, 4) is 0 Å². The topological polar surface area (TPSA) is 24.5 Å². The molecule has 0 saturated heterocycles. The number of ether oxygens (including phenoxy) is 1. The van der Waals surface area contributed by atoms with Gasteiger partial charge in [-0.1, -0.05) is 0 Å². The van der Waals surface area contributed by atoms with Gasteiger partial charge in [0.15, 0.2) is 0 Å². The average Bonchev–Trinajstić information content (AvgIpc) is 3.19. The van der Waals surface area contributed by atoms with Gasteiger partial charge in [0.25, 0.3) is 0 Å². The minimum Gasteiger partial charge on any atom is -0.379 e. The van der Waals surface area contributed by atoms with Crippen LogP contribution in [0.1, 0.15) is 18.4 Å². The van der Waals surface area contributed by atoms with Gasteiger partial charge in [-0.15, -0.1) is 0 Å². The summed E-state index contributed by atoms with van der Waals surface area (Å²) in [4.78, 5) is 2.12. The van der Waals surface area contributed by atoms with Crippen LogP contribution in [-0.4, -0.2) is 33.9 Å². The van der Waals surface area contributed by atoms with E-state index in [0.29, 0.717) is 6.54 Å². The van der Waals surface area contributed by atoms with Crippen LogP contribution in [0.5, 0.6) is 0 Å². The van der Waals surface area contributed by atoms with Crippen molar-refractivity contribution in [3.63, 3.8) is 0 Å². The molecule has 1 saturated carbocycles. The average molecular weight is 266 g/mol. The molecule has 1 aromatic carbocycles. The Balaban J connectivity index is 1.86. The molecule has 0 radical (unpaired) electrons. The first-order valence-corrected chi connectivity index (χ1v) is 6.92. The fourth-order valence-electron chi connectivity index (χ4n) is 2.11. The van der Waals surface area contributed by atoms with Crippen molar-refractivity contribution in [1.82, 2.24) is 5.32 Å². The third kappa shape index (κ3) is 4.48. The maximum absolute atomic E-state index is 13.3. The maximum Gasteiger partial charge on any atom is 0.123 e. The zero-order valence-electron chi connectivity index (χ0n) is 11.8. The Hall–Kier alpha value is -1.13. The van der Waals surface area contributed by atoms with Gasteiger partial charge < -0.3 is 15.0 Å². The van der Waals surface area contributed by atoms with Gasteiger partial charge in [-0.05, 0) is 49.6 Å². The predicted octanol–water partition coefficient (Wildman–Crippen LogP) is 2.41. The molecule has 1 fully saturated rings. The molecule has 0 heterocycles. The fraction of sp³-hybridized carbons (Fsp3) is 0.600. The van der Waals surface area contributed by atoms with Crippen molar-refractivity contribution in [2.24, 2.45) is 5.92 Å². The van der Waals surface area contributed by atoms with Crippen LogP contribution in [0.15, 0.2) is 18.2 Å². The van der Waals surface area contributed by atoms with Crippen LogP contribution in [0.4, 0.5) is 10.1 Å². The lowest BCUT2D eigenvalue weighted by molar-refractivity contribution is 0.131. The number of likely N-dealkylation sites (N-methyl/N-ethyl adjacent to an activating group) is 1. The van der Waals surface area contributed by atoms with Gasteiger partial charge in [0, 0.05) is 32.4 Å². The lowest BCUT2D eigenvalue weighted by atomic mass is 10.1. The molecule has 1 aromatic rings. The molecule has 0 spiro atoms. The van der Waals surface area contributed by atoms with E-state index in [-0.39, 0.29) is 5.82 Å².